The monoisotopic (exact) mass is 246 g/mol. The van der Waals surface area contributed by atoms with Crippen LogP contribution in [0.4, 0.5) is 0 Å². The van der Waals surface area contributed by atoms with E-state index in [1.54, 1.807) is 0 Å². The van der Waals surface area contributed by atoms with Crippen molar-refractivity contribution in [3.05, 3.63) is 0 Å². The van der Waals surface area contributed by atoms with Crippen LogP contribution < -0.4 is 5.32 Å². The number of halogens is 1. The second kappa shape index (κ2) is 5.70. The van der Waals surface area contributed by atoms with E-state index in [0.29, 0.717) is 5.41 Å². The lowest BCUT2D eigenvalue weighted by atomic mass is 9.89. The SMILES string of the molecule is CC1CCC(N(C)CC2(C)CCNC2)C1.Cl. The van der Waals surface area contributed by atoms with Gasteiger partial charge in [-0.1, -0.05) is 13.8 Å². The average Bonchev–Trinajstić information content (AvgIpc) is 2.75. The Morgan fingerprint density at radius 1 is 1.38 bits per heavy atom. The number of rotatable bonds is 3. The normalized spacial score (nSPS) is 39.0. The van der Waals surface area contributed by atoms with E-state index in [4.69, 9.17) is 0 Å². The van der Waals surface area contributed by atoms with E-state index < -0.39 is 0 Å². The molecule has 96 valence electrons. The van der Waals surface area contributed by atoms with E-state index >= 15 is 0 Å². The molecule has 1 saturated heterocycles. The highest BCUT2D eigenvalue weighted by atomic mass is 35.5. The fourth-order valence-electron chi connectivity index (χ4n) is 3.31. The molecule has 0 aromatic heterocycles. The van der Waals surface area contributed by atoms with Gasteiger partial charge in [-0.15, -0.1) is 12.4 Å². The zero-order chi connectivity index (χ0) is 10.9. The minimum Gasteiger partial charge on any atom is -0.316 e. The zero-order valence-electron chi connectivity index (χ0n) is 11.0. The van der Waals surface area contributed by atoms with Gasteiger partial charge in [-0.3, -0.25) is 0 Å². The van der Waals surface area contributed by atoms with Gasteiger partial charge in [-0.25, -0.2) is 0 Å². The van der Waals surface area contributed by atoms with Crippen molar-refractivity contribution in [3.8, 4) is 0 Å². The molecule has 1 aliphatic carbocycles. The molecule has 2 rings (SSSR count). The quantitative estimate of drug-likeness (QED) is 0.824. The van der Waals surface area contributed by atoms with E-state index in [-0.39, 0.29) is 12.4 Å². The van der Waals surface area contributed by atoms with Crippen LogP contribution in [-0.4, -0.2) is 37.6 Å². The summed E-state index contributed by atoms with van der Waals surface area (Å²) in [6, 6.07) is 0.859. The highest BCUT2D eigenvalue weighted by Crippen LogP contribution is 2.32. The molecule has 1 saturated carbocycles. The molecule has 0 bridgehead atoms. The Bertz CT molecular complexity index is 214. The Kier molecular flexibility index (Phi) is 5.09. The van der Waals surface area contributed by atoms with E-state index in [2.05, 4.69) is 31.1 Å². The Hall–Kier alpha value is 0.210. The fourth-order valence-corrected chi connectivity index (χ4v) is 3.31. The summed E-state index contributed by atoms with van der Waals surface area (Å²) in [6.07, 6.45) is 5.62. The lowest BCUT2D eigenvalue weighted by Crippen LogP contribution is -2.40. The third-order valence-electron chi connectivity index (χ3n) is 4.38. The minimum atomic E-state index is 0. The first-order chi connectivity index (χ1) is 7.09. The maximum absolute atomic E-state index is 3.49. The van der Waals surface area contributed by atoms with E-state index in [1.807, 2.05) is 0 Å². The Labute approximate surface area is 107 Å². The van der Waals surface area contributed by atoms with Gasteiger partial charge in [0.25, 0.3) is 0 Å². The summed E-state index contributed by atoms with van der Waals surface area (Å²) in [7, 11) is 2.33. The van der Waals surface area contributed by atoms with Gasteiger partial charge in [0.05, 0.1) is 0 Å². The number of hydrogen-bond acceptors (Lipinski definition) is 2. The lowest BCUT2D eigenvalue weighted by molar-refractivity contribution is 0.159. The summed E-state index contributed by atoms with van der Waals surface area (Å²) in [6.45, 7) is 8.52. The predicted molar refractivity (Wildman–Crippen MR) is 72.3 cm³/mol. The van der Waals surface area contributed by atoms with E-state index in [1.165, 1.54) is 45.3 Å². The highest BCUT2D eigenvalue weighted by Gasteiger charge is 2.33. The molecule has 0 radical (unpaired) electrons. The standard InChI is InChI=1S/C13H26N2.ClH/c1-11-4-5-12(8-11)15(3)10-13(2)6-7-14-9-13;/h11-12,14H,4-10H2,1-3H3;1H. The minimum absolute atomic E-state index is 0. The average molecular weight is 247 g/mol. The number of nitrogens with zero attached hydrogens (tertiary/aromatic N) is 1. The molecule has 1 heterocycles. The summed E-state index contributed by atoms with van der Waals surface area (Å²) >= 11 is 0. The predicted octanol–water partition coefficient (Wildman–Crippen LogP) is 2.53. The molecule has 3 unspecified atom stereocenters. The molecule has 0 amide bonds. The van der Waals surface area contributed by atoms with Crippen molar-refractivity contribution >= 4 is 12.4 Å². The van der Waals surface area contributed by atoms with Crippen LogP contribution in [0.3, 0.4) is 0 Å². The van der Waals surface area contributed by atoms with Gasteiger partial charge in [0, 0.05) is 19.1 Å². The van der Waals surface area contributed by atoms with Crippen LogP contribution in [0.15, 0.2) is 0 Å². The second-order valence-corrected chi connectivity index (χ2v) is 6.22. The fraction of sp³-hybridized carbons (Fsp3) is 1.00. The van der Waals surface area contributed by atoms with Gasteiger partial charge in [0.15, 0.2) is 0 Å². The van der Waals surface area contributed by atoms with Crippen molar-refractivity contribution in [2.45, 2.75) is 45.6 Å². The zero-order valence-corrected chi connectivity index (χ0v) is 11.8. The Morgan fingerprint density at radius 2 is 2.12 bits per heavy atom. The van der Waals surface area contributed by atoms with Crippen molar-refractivity contribution in [1.29, 1.82) is 0 Å². The summed E-state index contributed by atoms with van der Waals surface area (Å²) in [5.41, 5.74) is 0.528. The summed E-state index contributed by atoms with van der Waals surface area (Å²) < 4.78 is 0. The van der Waals surface area contributed by atoms with Crippen LogP contribution in [0.25, 0.3) is 0 Å². The maximum atomic E-state index is 3.49. The molecule has 16 heavy (non-hydrogen) atoms. The van der Waals surface area contributed by atoms with Crippen LogP contribution in [0.1, 0.15) is 39.5 Å². The third-order valence-corrected chi connectivity index (χ3v) is 4.38. The van der Waals surface area contributed by atoms with Crippen molar-refractivity contribution < 1.29 is 0 Å². The molecule has 3 atom stereocenters. The highest BCUT2D eigenvalue weighted by molar-refractivity contribution is 5.85. The van der Waals surface area contributed by atoms with Gasteiger partial charge in [-0.05, 0) is 50.6 Å². The Morgan fingerprint density at radius 3 is 2.62 bits per heavy atom. The number of hydrogen-bond donors (Lipinski definition) is 1. The van der Waals surface area contributed by atoms with Crippen molar-refractivity contribution in [1.82, 2.24) is 10.2 Å². The molecule has 1 aliphatic heterocycles. The van der Waals surface area contributed by atoms with Crippen molar-refractivity contribution in [2.24, 2.45) is 11.3 Å². The maximum Gasteiger partial charge on any atom is 0.00950 e. The van der Waals surface area contributed by atoms with Crippen LogP contribution in [-0.2, 0) is 0 Å². The molecule has 1 N–H and O–H groups in total. The van der Waals surface area contributed by atoms with Crippen LogP contribution in [0, 0.1) is 11.3 Å². The van der Waals surface area contributed by atoms with Gasteiger partial charge in [0.2, 0.25) is 0 Å². The van der Waals surface area contributed by atoms with Crippen LogP contribution in [0.2, 0.25) is 0 Å². The first-order valence-electron chi connectivity index (χ1n) is 6.50. The van der Waals surface area contributed by atoms with E-state index in [9.17, 15) is 0 Å². The number of nitrogens with one attached hydrogen (secondary N) is 1. The first kappa shape index (κ1) is 14.3. The lowest BCUT2D eigenvalue weighted by Gasteiger charge is -2.33. The van der Waals surface area contributed by atoms with Crippen molar-refractivity contribution in [2.75, 3.05) is 26.7 Å². The molecule has 2 nitrogen and oxygen atoms in total. The molecule has 0 spiro atoms. The molecule has 0 aromatic carbocycles. The first-order valence-corrected chi connectivity index (χ1v) is 6.50. The van der Waals surface area contributed by atoms with Gasteiger partial charge in [-0.2, -0.15) is 0 Å². The van der Waals surface area contributed by atoms with Gasteiger partial charge in [0.1, 0.15) is 0 Å². The molecule has 0 aromatic rings. The Balaban J connectivity index is 0.00000128. The molecule has 2 fully saturated rings. The van der Waals surface area contributed by atoms with E-state index in [0.717, 1.165) is 12.0 Å². The topological polar surface area (TPSA) is 15.3 Å². The van der Waals surface area contributed by atoms with Gasteiger partial charge < -0.3 is 10.2 Å². The third kappa shape index (κ3) is 3.35. The molecular formula is C13H27ClN2. The summed E-state index contributed by atoms with van der Waals surface area (Å²) in [4.78, 5) is 2.62. The smallest absolute Gasteiger partial charge is 0.00950 e. The summed E-state index contributed by atoms with van der Waals surface area (Å²) in [5.74, 6) is 0.951. The van der Waals surface area contributed by atoms with Gasteiger partial charge >= 0.3 is 0 Å². The summed E-state index contributed by atoms with van der Waals surface area (Å²) in [5, 5.41) is 3.49. The van der Waals surface area contributed by atoms with Crippen LogP contribution >= 0.6 is 12.4 Å². The molecular weight excluding hydrogens is 220 g/mol. The molecule has 3 heteroatoms. The van der Waals surface area contributed by atoms with Crippen LogP contribution in [0.5, 0.6) is 0 Å². The second-order valence-electron chi connectivity index (χ2n) is 6.22. The van der Waals surface area contributed by atoms with Crippen molar-refractivity contribution in [3.63, 3.8) is 0 Å². The largest absolute Gasteiger partial charge is 0.316 e. The molecule has 2 aliphatic rings.